The smallest absolute Gasteiger partial charge is 0.159 e. The van der Waals surface area contributed by atoms with Crippen molar-refractivity contribution in [3.8, 4) is 0 Å². The minimum absolute atomic E-state index is 0.00197. The van der Waals surface area contributed by atoms with Gasteiger partial charge in [0.25, 0.3) is 0 Å². The highest BCUT2D eigenvalue weighted by Gasteiger charge is 2.11. The van der Waals surface area contributed by atoms with E-state index in [0.29, 0.717) is 12.0 Å². The predicted octanol–water partition coefficient (Wildman–Crippen LogP) is 5.28. The summed E-state index contributed by atoms with van der Waals surface area (Å²) in [6.45, 7) is 14.7. The summed E-state index contributed by atoms with van der Waals surface area (Å²) in [5.74, 6) is 0.140. The van der Waals surface area contributed by atoms with Crippen molar-refractivity contribution in [3.63, 3.8) is 0 Å². The molecule has 0 aromatic carbocycles. The van der Waals surface area contributed by atoms with E-state index in [1.54, 1.807) is 25.3 Å². The summed E-state index contributed by atoms with van der Waals surface area (Å²) in [5.41, 5.74) is 1.41. The molecule has 0 aliphatic rings. The van der Waals surface area contributed by atoms with Crippen LogP contribution in [0.15, 0.2) is 42.6 Å². The lowest BCUT2D eigenvalue weighted by Gasteiger charge is -2.03. The molecule has 3 nitrogen and oxygen atoms in total. The Kier molecular flexibility index (Phi) is 15.0. The quantitative estimate of drug-likeness (QED) is 0.530. The summed E-state index contributed by atoms with van der Waals surface area (Å²) >= 11 is 0. The van der Waals surface area contributed by atoms with Gasteiger partial charge < -0.3 is 0 Å². The first-order chi connectivity index (χ1) is 10.9. The number of rotatable bonds is 6. The van der Waals surface area contributed by atoms with E-state index < -0.39 is 0 Å². The molecule has 0 aliphatic heterocycles. The minimum atomic E-state index is -0.00197. The third kappa shape index (κ3) is 12.2. The van der Waals surface area contributed by atoms with Crippen LogP contribution in [0.1, 0.15) is 60.1 Å². The van der Waals surface area contributed by atoms with E-state index in [0.717, 1.165) is 5.69 Å². The zero-order valence-electron chi connectivity index (χ0n) is 15.4. The number of hydrogen-bond acceptors (Lipinski definition) is 3. The number of ketones is 2. The number of carbonyl (C=O) groups is 2. The SMILES string of the molecule is C/C(=C\c1ccccn1)C(=O)CCC(=O)C(C)C.C=CC.CC. The Balaban J connectivity index is 0. The maximum absolute atomic E-state index is 11.8. The summed E-state index contributed by atoms with van der Waals surface area (Å²) < 4.78 is 0. The van der Waals surface area contributed by atoms with E-state index in [9.17, 15) is 9.59 Å². The Bertz CT molecular complexity index is 488. The number of aromatic nitrogens is 1. The van der Waals surface area contributed by atoms with Gasteiger partial charge in [-0.25, -0.2) is 0 Å². The van der Waals surface area contributed by atoms with Crippen LogP contribution < -0.4 is 0 Å². The number of nitrogens with zero attached hydrogens (tertiary/aromatic N) is 1. The highest BCUT2D eigenvalue weighted by atomic mass is 16.1. The Labute approximate surface area is 141 Å². The van der Waals surface area contributed by atoms with Crippen LogP contribution in [-0.2, 0) is 9.59 Å². The van der Waals surface area contributed by atoms with Crippen LogP contribution in [0, 0.1) is 5.92 Å². The second kappa shape index (κ2) is 14.9. The van der Waals surface area contributed by atoms with Crippen molar-refractivity contribution in [3.05, 3.63) is 48.3 Å². The van der Waals surface area contributed by atoms with Crippen LogP contribution in [-0.4, -0.2) is 16.6 Å². The molecule has 0 radical (unpaired) electrons. The van der Waals surface area contributed by atoms with Gasteiger partial charge in [-0.05, 0) is 37.6 Å². The van der Waals surface area contributed by atoms with Crippen LogP contribution in [0.2, 0.25) is 0 Å². The van der Waals surface area contributed by atoms with Crippen LogP contribution in [0.5, 0.6) is 0 Å². The zero-order chi connectivity index (χ0) is 18.3. The maximum Gasteiger partial charge on any atom is 0.159 e. The van der Waals surface area contributed by atoms with E-state index in [1.807, 2.05) is 52.8 Å². The zero-order valence-corrected chi connectivity index (χ0v) is 15.4. The van der Waals surface area contributed by atoms with Gasteiger partial charge in [0.2, 0.25) is 0 Å². The number of Topliss-reactive ketones (excluding diaryl/α,β-unsaturated/α-hetero) is 2. The van der Waals surface area contributed by atoms with Crippen LogP contribution in [0.4, 0.5) is 0 Å². The van der Waals surface area contributed by atoms with Crippen LogP contribution in [0.25, 0.3) is 6.08 Å². The number of pyridine rings is 1. The monoisotopic (exact) mass is 317 g/mol. The fourth-order valence-electron chi connectivity index (χ4n) is 1.49. The minimum Gasteiger partial charge on any atom is -0.299 e. The summed E-state index contributed by atoms with van der Waals surface area (Å²) in [7, 11) is 0. The third-order valence-electron chi connectivity index (χ3n) is 2.73. The first-order valence-electron chi connectivity index (χ1n) is 8.14. The van der Waals surface area contributed by atoms with Gasteiger partial charge in [0.05, 0.1) is 5.69 Å². The van der Waals surface area contributed by atoms with E-state index >= 15 is 0 Å². The highest BCUT2D eigenvalue weighted by molar-refractivity contribution is 6.00. The van der Waals surface area contributed by atoms with Gasteiger partial charge in [-0.15, -0.1) is 6.58 Å². The van der Waals surface area contributed by atoms with Crippen molar-refractivity contribution in [2.45, 2.75) is 54.4 Å². The Hall–Kier alpha value is -2.03. The van der Waals surface area contributed by atoms with Gasteiger partial charge in [0, 0.05) is 25.0 Å². The fourth-order valence-corrected chi connectivity index (χ4v) is 1.49. The fraction of sp³-hybridized carbons (Fsp3) is 0.450. The Morgan fingerprint density at radius 1 is 1.22 bits per heavy atom. The third-order valence-corrected chi connectivity index (χ3v) is 2.73. The first kappa shape index (κ1) is 23.2. The molecule has 1 heterocycles. The largest absolute Gasteiger partial charge is 0.299 e. The van der Waals surface area contributed by atoms with E-state index in [-0.39, 0.29) is 23.9 Å². The lowest BCUT2D eigenvalue weighted by Crippen LogP contribution is -2.10. The molecule has 23 heavy (non-hydrogen) atoms. The average Bonchev–Trinajstić information content (AvgIpc) is 2.55. The molecule has 1 aromatic rings. The molecule has 0 amide bonds. The van der Waals surface area contributed by atoms with E-state index in [1.165, 1.54) is 0 Å². The Morgan fingerprint density at radius 3 is 2.22 bits per heavy atom. The van der Waals surface area contributed by atoms with Gasteiger partial charge in [0.1, 0.15) is 5.78 Å². The van der Waals surface area contributed by atoms with Crippen molar-refractivity contribution >= 4 is 17.6 Å². The molecule has 3 heteroatoms. The molecule has 0 aliphatic carbocycles. The van der Waals surface area contributed by atoms with Crippen molar-refractivity contribution in [1.29, 1.82) is 0 Å². The molecular formula is C20H31NO2. The molecule has 0 unspecified atom stereocenters. The predicted molar refractivity (Wildman–Crippen MR) is 99.2 cm³/mol. The van der Waals surface area contributed by atoms with Crippen molar-refractivity contribution < 1.29 is 9.59 Å². The maximum atomic E-state index is 11.8. The molecule has 0 saturated carbocycles. The molecule has 128 valence electrons. The van der Waals surface area contributed by atoms with Gasteiger partial charge in [-0.1, -0.05) is 39.8 Å². The van der Waals surface area contributed by atoms with E-state index in [2.05, 4.69) is 11.6 Å². The second-order valence-corrected chi connectivity index (χ2v) is 5.03. The molecule has 0 fully saturated rings. The molecule has 0 saturated heterocycles. The number of carbonyl (C=O) groups excluding carboxylic acids is 2. The van der Waals surface area contributed by atoms with Crippen molar-refractivity contribution in [2.24, 2.45) is 5.92 Å². The molecule has 1 rings (SSSR count). The summed E-state index contributed by atoms with van der Waals surface area (Å²) in [5, 5.41) is 0. The van der Waals surface area contributed by atoms with Gasteiger partial charge in [-0.3, -0.25) is 14.6 Å². The van der Waals surface area contributed by atoms with E-state index in [4.69, 9.17) is 0 Å². The molecule has 0 N–H and O–H groups in total. The van der Waals surface area contributed by atoms with Gasteiger partial charge in [0.15, 0.2) is 5.78 Å². The van der Waals surface area contributed by atoms with Crippen LogP contribution >= 0.6 is 0 Å². The van der Waals surface area contributed by atoms with Crippen molar-refractivity contribution in [2.75, 3.05) is 0 Å². The van der Waals surface area contributed by atoms with Gasteiger partial charge in [-0.2, -0.15) is 0 Å². The summed E-state index contributed by atoms with van der Waals surface area (Å²) in [6.07, 6.45) is 5.80. The first-order valence-corrected chi connectivity index (χ1v) is 8.14. The molecule has 0 atom stereocenters. The van der Waals surface area contributed by atoms with Gasteiger partial charge >= 0.3 is 0 Å². The standard InChI is InChI=1S/C15H19NO2.C3H6.C2H6/c1-11(2)14(17)7-8-15(18)12(3)10-13-6-4-5-9-16-13;1-3-2;1-2/h4-6,9-11H,7-8H2,1-3H3;3H,1H2,2H3;1-2H3/b12-10+;;. The molecule has 1 aromatic heterocycles. The molecule has 0 spiro atoms. The summed E-state index contributed by atoms with van der Waals surface area (Å²) in [4.78, 5) is 27.4. The normalized spacial score (nSPS) is 9.96. The molecule has 0 bridgehead atoms. The number of hydrogen-bond donors (Lipinski definition) is 0. The lowest BCUT2D eigenvalue weighted by atomic mass is 10.0. The molecular weight excluding hydrogens is 286 g/mol. The topological polar surface area (TPSA) is 47.0 Å². The second-order valence-electron chi connectivity index (χ2n) is 5.03. The number of allylic oxidation sites excluding steroid dienone is 2. The van der Waals surface area contributed by atoms with Crippen molar-refractivity contribution in [1.82, 2.24) is 4.98 Å². The lowest BCUT2D eigenvalue weighted by molar-refractivity contribution is -0.124. The highest BCUT2D eigenvalue weighted by Crippen LogP contribution is 2.09. The Morgan fingerprint density at radius 2 is 1.78 bits per heavy atom. The van der Waals surface area contributed by atoms with Crippen LogP contribution in [0.3, 0.4) is 0 Å². The summed E-state index contributed by atoms with van der Waals surface area (Å²) in [6, 6.07) is 5.55. The average molecular weight is 317 g/mol.